The summed E-state index contributed by atoms with van der Waals surface area (Å²) in [6, 6.07) is 10.2. The van der Waals surface area contributed by atoms with Gasteiger partial charge in [-0.1, -0.05) is 42.5 Å². The number of benzene rings is 1. The zero-order valence-electron chi connectivity index (χ0n) is 8.56. The predicted molar refractivity (Wildman–Crippen MR) is 60.1 cm³/mol. The zero-order chi connectivity index (χ0) is 10.2. The molecule has 14 heavy (non-hydrogen) atoms. The highest BCUT2D eigenvalue weighted by molar-refractivity contribution is 5.48. The SMILES string of the molecule is CN(C/C=C/c1ccccc1)CCO. The first-order valence-corrected chi connectivity index (χ1v) is 4.84. The van der Waals surface area contributed by atoms with Crippen LogP contribution in [0.25, 0.3) is 6.08 Å². The Morgan fingerprint density at radius 3 is 2.64 bits per heavy atom. The molecular formula is C12H17NO. The maximum absolute atomic E-state index is 8.69. The van der Waals surface area contributed by atoms with Crippen LogP contribution in [0, 0.1) is 0 Å². The van der Waals surface area contributed by atoms with Crippen molar-refractivity contribution in [2.45, 2.75) is 0 Å². The van der Waals surface area contributed by atoms with Crippen LogP contribution in [0.2, 0.25) is 0 Å². The van der Waals surface area contributed by atoms with E-state index in [1.54, 1.807) is 0 Å². The largest absolute Gasteiger partial charge is 0.395 e. The van der Waals surface area contributed by atoms with Crippen molar-refractivity contribution in [3.8, 4) is 0 Å². The number of rotatable bonds is 5. The van der Waals surface area contributed by atoms with Crippen molar-refractivity contribution in [3.05, 3.63) is 42.0 Å². The molecule has 76 valence electrons. The van der Waals surface area contributed by atoms with Gasteiger partial charge in [-0.3, -0.25) is 0 Å². The minimum atomic E-state index is 0.218. The van der Waals surface area contributed by atoms with Crippen molar-refractivity contribution in [1.29, 1.82) is 0 Å². The summed E-state index contributed by atoms with van der Waals surface area (Å²) in [4.78, 5) is 2.07. The second kappa shape index (κ2) is 6.35. The Morgan fingerprint density at radius 1 is 1.29 bits per heavy atom. The number of likely N-dealkylation sites (N-methyl/N-ethyl adjacent to an activating group) is 1. The Labute approximate surface area is 85.5 Å². The minimum Gasteiger partial charge on any atom is -0.395 e. The fourth-order valence-corrected chi connectivity index (χ4v) is 1.19. The maximum Gasteiger partial charge on any atom is 0.0558 e. The molecule has 0 aliphatic rings. The number of hydrogen-bond acceptors (Lipinski definition) is 2. The van der Waals surface area contributed by atoms with Crippen LogP contribution in [0.1, 0.15) is 5.56 Å². The molecule has 0 bridgehead atoms. The summed E-state index contributed by atoms with van der Waals surface area (Å²) in [7, 11) is 1.99. The molecule has 0 heterocycles. The first-order chi connectivity index (χ1) is 6.83. The molecule has 0 aliphatic carbocycles. The van der Waals surface area contributed by atoms with Gasteiger partial charge in [-0.2, -0.15) is 0 Å². The predicted octanol–water partition coefficient (Wildman–Crippen LogP) is 1.62. The van der Waals surface area contributed by atoms with E-state index >= 15 is 0 Å². The van der Waals surface area contributed by atoms with Gasteiger partial charge in [0.2, 0.25) is 0 Å². The average molecular weight is 191 g/mol. The van der Waals surface area contributed by atoms with Crippen LogP contribution in [0.15, 0.2) is 36.4 Å². The van der Waals surface area contributed by atoms with E-state index in [4.69, 9.17) is 5.11 Å². The molecule has 0 amide bonds. The van der Waals surface area contributed by atoms with Crippen LogP contribution in [0.5, 0.6) is 0 Å². The van der Waals surface area contributed by atoms with Gasteiger partial charge in [0.05, 0.1) is 6.61 Å². The fraction of sp³-hybridized carbons (Fsp3) is 0.333. The summed E-state index contributed by atoms with van der Waals surface area (Å²) >= 11 is 0. The number of hydrogen-bond donors (Lipinski definition) is 1. The molecule has 2 nitrogen and oxygen atoms in total. The van der Waals surface area contributed by atoms with E-state index in [-0.39, 0.29) is 6.61 Å². The summed E-state index contributed by atoms with van der Waals surface area (Å²) in [5.41, 5.74) is 1.21. The van der Waals surface area contributed by atoms with Crippen LogP contribution < -0.4 is 0 Å². The lowest BCUT2D eigenvalue weighted by Gasteiger charge is -2.11. The highest BCUT2D eigenvalue weighted by Crippen LogP contribution is 2.00. The van der Waals surface area contributed by atoms with Crippen LogP contribution in [0.4, 0.5) is 0 Å². The van der Waals surface area contributed by atoms with E-state index in [2.05, 4.69) is 29.2 Å². The molecule has 0 unspecified atom stereocenters. The summed E-state index contributed by atoms with van der Waals surface area (Å²) in [6.07, 6.45) is 4.19. The lowest BCUT2D eigenvalue weighted by Crippen LogP contribution is -2.21. The molecule has 0 aromatic heterocycles. The number of aliphatic hydroxyl groups excluding tert-OH is 1. The molecule has 0 saturated carbocycles. The molecule has 0 fully saturated rings. The van der Waals surface area contributed by atoms with Crippen LogP contribution in [-0.2, 0) is 0 Å². The van der Waals surface area contributed by atoms with Crippen molar-refractivity contribution in [3.63, 3.8) is 0 Å². The molecule has 0 atom stereocenters. The molecule has 1 aromatic rings. The van der Waals surface area contributed by atoms with E-state index in [1.165, 1.54) is 5.56 Å². The summed E-state index contributed by atoms with van der Waals surface area (Å²) < 4.78 is 0. The molecule has 1 rings (SSSR count). The molecule has 0 saturated heterocycles. The standard InChI is InChI=1S/C12H17NO/c1-13(10-11-14)9-5-8-12-6-3-2-4-7-12/h2-8,14H,9-11H2,1H3/b8-5+. The minimum absolute atomic E-state index is 0.218. The second-order valence-corrected chi connectivity index (χ2v) is 3.30. The van der Waals surface area contributed by atoms with Gasteiger partial charge in [-0.15, -0.1) is 0 Å². The average Bonchev–Trinajstić information content (AvgIpc) is 2.20. The lowest BCUT2D eigenvalue weighted by atomic mass is 10.2. The van der Waals surface area contributed by atoms with E-state index in [1.807, 2.05) is 25.2 Å². The highest BCUT2D eigenvalue weighted by Gasteiger charge is 1.91. The van der Waals surface area contributed by atoms with Gasteiger partial charge in [-0.05, 0) is 12.6 Å². The maximum atomic E-state index is 8.69. The van der Waals surface area contributed by atoms with E-state index in [9.17, 15) is 0 Å². The third-order valence-electron chi connectivity index (χ3n) is 2.01. The Kier molecular flexibility index (Phi) is 4.97. The molecule has 0 aliphatic heterocycles. The fourth-order valence-electron chi connectivity index (χ4n) is 1.19. The van der Waals surface area contributed by atoms with Gasteiger partial charge in [0.1, 0.15) is 0 Å². The smallest absolute Gasteiger partial charge is 0.0558 e. The summed E-state index contributed by atoms with van der Waals surface area (Å²) in [5, 5.41) is 8.69. The third kappa shape index (κ3) is 4.21. The molecule has 1 N–H and O–H groups in total. The molecule has 0 radical (unpaired) electrons. The van der Waals surface area contributed by atoms with Gasteiger partial charge < -0.3 is 10.0 Å². The first kappa shape index (κ1) is 11.0. The molecule has 2 heteroatoms. The lowest BCUT2D eigenvalue weighted by molar-refractivity contribution is 0.232. The zero-order valence-corrected chi connectivity index (χ0v) is 8.56. The van der Waals surface area contributed by atoms with Crippen LogP contribution in [0.3, 0.4) is 0 Å². The molecule has 0 spiro atoms. The van der Waals surface area contributed by atoms with Crippen molar-refractivity contribution in [2.75, 3.05) is 26.7 Å². The Morgan fingerprint density at radius 2 is 2.00 bits per heavy atom. The van der Waals surface area contributed by atoms with Gasteiger partial charge in [0.15, 0.2) is 0 Å². The van der Waals surface area contributed by atoms with Gasteiger partial charge in [0, 0.05) is 13.1 Å². The van der Waals surface area contributed by atoms with Crippen LogP contribution in [-0.4, -0.2) is 36.8 Å². The van der Waals surface area contributed by atoms with Gasteiger partial charge in [-0.25, -0.2) is 0 Å². The van der Waals surface area contributed by atoms with E-state index in [0.717, 1.165) is 13.1 Å². The number of nitrogens with zero attached hydrogens (tertiary/aromatic N) is 1. The van der Waals surface area contributed by atoms with Crippen molar-refractivity contribution in [2.24, 2.45) is 0 Å². The van der Waals surface area contributed by atoms with Crippen LogP contribution >= 0.6 is 0 Å². The summed E-state index contributed by atoms with van der Waals surface area (Å²) in [5.74, 6) is 0. The van der Waals surface area contributed by atoms with Crippen molar-refractivity contribution < 1.29 is 5.11 Å². The Hall–Kier alpha value is -1.12. The molecular weight excluding hydrogens is 174 g/mol. The third-order valence-corrected chi connectivity index (χ3v) is 2.01. The second-order valence-electron chi connectivity index (χ2n) is 3.30. The Balaban J connectivity index is 2.34. The van der Waals surface area contributed by atoms with Gasteiger partial charge in [0.25, 0.3) is 0 Å². The first-order valence-electron chi connectivity index (χ1n) is 4.84. The van der Waals surface area contributed by atoms with Crippen molar-refractivity contribution in [1.82, 2.24) is 4.90 Å². The number of aliphatic hydroxyl groups is 1. The quantitative estimate of drug-likeness (QED) is 0.764. The van der Waals surface area contributed by atoms with Gasteiger partial charge >= 0.3 is 0 Å². The van der Waals surface area contributed by atoms with Crippen molar-refractivity contribution >= 4 is 6.08 Å². The van der Waals surface area contributed by atoms with E-state index in [0.29, 0.717) is 0 Å². The Bertz CT molecular complexity index is 269. The molecule has 1 aromatic carbocycles. The monoisotopic (exact) mass is 191 g/mol. The summed E-state index contributed by atoms with van der Waals surface area (Å²) in [6.45, 7) is 1.81. The topological polar surface area (TPSA) is 23.5 Å². The normalized spacial score (nSPS) is 11.4. The highest BCUT2D eigenvalue weighted by atomic mass is 16.3. The van der Waals surface area contributed by atoms with E-state index < -0.39 is 0 Å².